The summed E-state index contributed by atoms with van der Waals surface area (Å²) in [5.41, 5.74) is 3.53. The number of ether oxygens (including phenoxy) is 1. The Hall–Kier alpha value is -3.70. The zero-order valence-corrected chi connectivity index (χ0v) is 28.4. The van der Waals surface area contributed by atoms with Crippen molar-refractivity contribution >= 4 is 25.3 Å². The van der Waals surface area contributed by atoms with Gasteiger partial charge in [-0.1, -0.05) is 32.9 Å². The van der Waals surface area contributed by atoms with Gasteiger partial charge in [-0.05, 0) is 75.7 Å². The lowest BCUT2D eigenvalue weighted by molar-refractivity contribution is -0.0507. The number of hydrogen-bond acceptors (Lipinski definition) is 6. The van der Waals surface area contributed by atoms with Gasteiger partial charge in [-0.25, -0.2) is 15.0 Å². The van der Waals surface area contributed by atoms with Crippen LogP contribution in [0.15, 0.2) is 48.8 Å². The number of rotatable bonds is 7. The lowest BCUT2D eigenvalue weighted by Gasteiger charge is -2.42. The summed E-state index contributed by atoms with van der Waals surface area (Å²) in [7, 11) is -2.07. The first-order chi connectivity index (χ1) is 21.0. The van der Waals surface area contributed by atoms with Crippen LogP contribution in [-0.4, -0.2) is 51.3 Å². The minimum Gasteiger partial charge on any atom is -0.434 e. The second-order valence-electron chi connectivity index (χ2n) is 14.4. The molecule has 2 unspecified atom stereocenters. The largest absolute Gasteiger partial charge is 0.434 e. The lowest BCUT2D eigenvalue weighted by Crippen LogP contribution is -2.46. The third-order valence-electron chi connectivity index (χ3n) is 9.59. The predicted molar refractivity (Wildman–Crippen MR) is 172 cm³/mol. The van der Waals surface area contributed by atoms with Crippen LogP contribution in [0.5, 0.6) is 5.75 Å². The van der Waals surface area contributed by atoms with Crippen LogP contribution < -0.4 is 4.74 Å². The number of imidazole rings is 1. The van der Waals surface area contributed by atoms with E-state index >= 15 is 0 Å². The van der Waals surface area contributed by atoms with E-state index in [4.69, 9.17) is 24.1 Å². The summed E-state index contributed by atoms with van der Waals surface area (Å²) in [5.74, 6) is 1.17. The summed E-state index contributed by atoms with van der Waals surface area (Å²) < 4.78 is 40.8. The molecule has 0 saturated carbocycles. The van der Waals surface area contributed by atoms with Crippen LogP contribution in [0.3, 0.4) is 0 Å². The molecular weight excluding hydrogens is 592 g/mol. The Morgan fingerprint density at radius 3 is 2.29 bits per heavy atom. The molecule has 238 valence electrons. The molecule has 2 atom stereocenters. The van der Waals surface area contributed by atoms with Gasteiger partial charge in [0.05, 0.1) is 23.1 Å². The van der Waals surface area contributed by atoms with Gasteiger partial charge in [0.1, 0.15) is 17.2 Å². The Labute approximate surface area is 263 Å². The summed E-state index contributed by atoms with van der Waals surface area (Å²) in [6.07, 6.45) is 4.14. The fraction of sp³-hybridized carbons (Fsp3) is 0.471. The minimum atomic E-state index is -3.01. The molecule has 0 N–H and O–H groups in total. The lowest BCUT2D eigenvalue weighted by atomic mass is 9.97. The molecule has 0 saturated heterocycles. The maximum absolute atomic E-state index is 13.8. The van der Waals surface area contributed by atoms with E-state index in [0.29, 0.717) is 23.4 Å². The predicted octanol–water partition coefficient (Wildman–Crippen LogP) is 8.25. The van der Waals surface area contributed by atoms with E-state index in [-0.39, 0.29) is 28.8 Å². The van der Waals surface area contributed by atoms with Crippen LogP contribution in [0.4, 0.5) is 8.78 Å². The smallest absolute Gasteiger partial charge is 0.387 e. The van der Waals surface area contributed by atoms with Gasteiger partial charge in [-0.15, -0.1) is 0 Å². The first-order valence-electron chi connectivity index (χ1n) is 15.5. The molecule has 2 bridgehead atoms. The van der Waals surface area contributed by atoms with Gasteiger partial charge in [0.25, 0.3) is 5.91 Å². The van der Waals surface area contributed by atoms with Crippen molar-refractivity contribution in [1.29, 1.82) is 0 Å². The molecule has 2 aliphatic rings. The van der Waals surface area contributed by atoms with Crippen molar-refractivity contribution in [3.63, 3.8) is 0 Å². The molecule has 45 heavy (non-hydrogen) atoms. The monoisotopic (exact) mass is 633 g/mol. The quantitative estimate of drug-likeness (QED) is 0.191. The van der Waals surface area contributed by atoms with Gasteiger partial charge in [-0.3, -0.25) is 4.79 Å². The molecule has 2 aromatic heterocycles. The highest BCUT2D eigenvalue weighted by Crippen LogP contribution is 2.51. The minimum absolute atomic E-state index is 0.0163. The molecule has 0 aliphatic carbocycles. The fourth-order valence-electron chi connectivity index (χ4n) is 6.53. The molecule has 0 spiro atoms. The maximum Gasteiger partial charge on any atom is 0.387 e. The van der Waals surface area contributed by atoms with Crippen LogP contribution in [0, 0.1) is 0 Å². The topological polar surface area (TPSA) is 82.4 Å². The highest BCUT2D eigenvalue weighted by molar-refractivity contribution is 6.74. The van der Waals surface area contributed by atoms with Crippen molar-refractivity contribution in [2.75, 3.05) is 0 Å². The van der Waals surface area contributed by atoms with Gasteiger partial charge >= 0.3 is 6.61 Å². The average molecular weight is 634 g/mol. The molecule has 0 fully saturated rings. The fourth-order valence-corrected chi connectivity index (χ4v) is 8.21. The molecule has 11 heteroatoms. The van der Waals surface area contributed by atoms with Crippen molar-refractivity contribution in [3.05, 3.63) is 71.6 Å². The van der Waals surface area contributed by atoms with Crippen LogP contribution >= 0.6 is 0 Å². The van der Waals surface area contributed by atoms with Crippen LogP contribution in [0.2, 0.25) is 18.1 Å². The number of aromatic nitrogens is 4. The number of halogens is 2. The van der Waals surface area contributed by atoms with E-state index in [1.54, 1.807) is 12.1 Å². The van der Waals surface area contributed by atoms with Crippen molar-refractivity contribution in [2.45, 2.75) is 103 Å². The van der Waals surface area contributed by atoms with Crippen molar-refractivity contribution in [2.24, 2.45) is 0 Å². The number of benzene rings is 2. The molecule has 0 radical (unpaired) electrons. The third-order valence-corrected chi connectivity index (χ3v) is 14.2. The number of amides is 1. The van der Waals surface area contributed by atoms with Crippen LogP contribution in [-0.2, 0) is 10.0 Å². The summed E-state index contributed by atoms with van der Waals surface area (Å²) in [6.45, 7) is 16.0. The second-order valence-corrected chi connectivity index (χ2v) is 19.1. The van der Waals surface area contributed by atoms with E-state index in [1.807, 2.05) is 63.2 Å². The molecule has 8 nitrogen and oxygen atoms in total. The molecule has 1 amide bonds. The number of carbonyl (C=O) groups is 1. The SMILES string of the molecule is CC(C)N1C(=O)c2cccc(OC(F)F)c2C2CC1c1nc3ccc(-c4cnc(C(C)(C)O[Si](C)(C)C(C)(C)C)nc4)cc3n12. The first-order valence-corrected chi connectivity index (χ1v) is 18.4. The zero-order valence-electron chi connectivity index (χ0n) is 27.4. The third kappa shape index (κ3) is 5.23. The van der Waals surface area contributed by atoms with E-state index in [2.05, 4.69) is 38.4 Å². The Bertz CT molecular complexity index is 1780. The Balaban J connectivity index is 1.43. The van der Waals surface area contributed by atoms with E-state index in [1.165, 1.54) is 6.07 Å². The summed E-state index contributed by atoms with van der Waals surface area (Å²) in [4.78, 5) is 30.1. The number of nitrogens with zero attached hydrogens (tertiary/aromatic N) is 5. The molecule has 6 rings (SSSR count). The van der Waals surface area contributed by atoms with Gasteiger partial charge in [-0.2, -0.15) is 8.78 Å². The number of fused-ring (bicyclic) bond motifs is 9. The van der Waals surface area contributed by atoms with Crippen molar-refractivity contribution in [3.8, 4) is 16.9 Å². The first kappa shape index (κ1) is 31.3. The molecular formula is C34H41F2N5O3Si. The molecule has 2 aromatic carbocycles. The highest BCUT2D eigenvalue weighted by Gasteiger charge is 2.47. The number of alkyl halides is 2. The highest BCUT2D eigenvalue weighted by atomic mass is 28.4. The summed E-state index contributed by atoms with van der Waals surface area (Å²) in [5, 5.41) is 0.0504. The van der Waals surface area contributed by atoms with Gasteiger partial charge in [0, 0.05) is 41.5 Å². The molecule has 4 heterocycles. The number of carbonyl (C=O) groups excluding carboxylic acids is 1. The van der Waals surface area contributed by atoms with E-state index in [9.17, 15) is 13.6 Å². The normalized spacial score (nSPS) is 18.5. The van der Waals surface area contributed by atoms with Gasteiger partial charge in [0.15, 0.2) is 14.1 Å². The zero-order chi connectivity index (χ0) is 32.6. The van der Waals surface area contributed by atoms with E-state index in [0.717, 1.165) is 28.0 Å². The Morgan fingerprint density at radius 2 is 1.67 bits per heavy atom. The molecule has 4 aromatic rings. The van der Waals surface area contributed by atoms with Gasteiger partial charge < -0.3 is 18.6 Å². The Kier molecular flexibility index (Phi) is 7.43. The van der Waals surface area contributed by atoms with Gasteiger partial charge in [0.2, 0.25) is 0 Å². The van der Waals surface area contributed by atoms with E-state index < -0.39 is 26.6 Å². The Morgan fingerprint density at radius 1 is 0.978 bits per heavy atom. The van der Waals surface area contributed by atoms with Crippen LogP contribution in [0.1, 0.15) is 94.5 Å². The van der Waals surface area contributed by atoms with Crippen molar-refractivity contribution in [1.82, 2.24) is 24.4 Å². The maximum atomic E-state index is 13.8. The average Bonchev–Trinajstić information content (AvgIpc) is 3.44. The number of hydrogen-bond donors (Lipinski definition) is 0. The summed E-state index contributed by atoms with van der Waals surface area (Å²) >= 11 is 0. The second kappa shape index (κ2) is 10.7. The van der Waals surface area contributed by atoms with Crippen LogP contribution in [0.25, 0.3) is 22.2 Å². The van der Waals surface area contributed by atoms with Crippen molar-refractivity contribution < 1.29 is 22.7 Å². The summed E-state index contributed by atoms with van der Waals surface area (Å²) in [6, 6.07) is 9.93. The molecule has 2 aliphatic heterocycles. The standard InChI is InChI=1S/C34H41F2N5O3Si/c1-19(2)40-26-16-25(28-22(30(40)42)11-10-12-27(28)43-32(35)36)41-24-15-20(13-14-23(24)39-29(26)41)21-17-37-31(38-18-21)34(6,7)44-45(8,9)33(3,4)5/h10-15,17-19,25-26,32H,16H2,1-9H3.